The van der Waals surface area contributed by atoms with Crippen molar-refractivity contribution in [2.75, 3.05) is 24.0 Å². The molecule has 1 amide bonds. The SMILES string of the molecule is CCCCNc1ccnc(C(=O)Nc2ccc3c(c2)OCO3)c1. The summed E-state index contributed by atoms with van der Waals surface area (Å²) in [6.45, 7) is 3.22. The molecule has 0 saturated heterocycles. The monoisotopic (exact) mass is 313 g/mol. The number of carbonyl (C=O) groups is 1. The van der Waals surface area contributed by atoms with E-state index in [9.17, 15) is 4.79 Å². The van der Waals surface area contributed by atoms with Gasteiger partial charge in [-0.3, -0.25) is 9.78 Å². The van der Waals surface area contributed by atoms with Crippen molar-refractivity contribution in [2.45, 2.75) is 19.8 Å². The molecule has 6 nitrogen and oxygen atoms in total. The van der Waals surface area contributed by atoms with E-state index >= 15 is 0 Å². The second-order valence-corrected chi connectivity index (χ2v) is 5.23. The van der Waals surface area contributed by atoms with Gasteiger partial charge >= 0.3 is 0 Å². The third kappa shape index (κ3) is 3.71. The van der Waals surface area contributed by atoms with E-state index in [2.05, 4.69) is 22.5 Å². The molecule has 0 bridgehead atoms. The molecule has 1 aliphatic rings. The first-order chi connectivity index (χ1) is 11.3. The summed E-state index contributed by atoms with van der Waals surface area (Å²) in [7, 11) is 0. The summed E-state index contributed by atoms with van der Waals surface area (Å²) in [5.41, 5.74) is 1.90. The number of nitrogens with zero attached hydrogens (tertiary/aromatic N) is 1. The summed E-state index contributed by atoms with van der Waals surface area (Å²) in [4.78, 5) is 16.5. The Morgan fingerprint density at radius 2 is 2.04 bits per heavy atom. The molecular formula is C17H19N3O3. The third-order valence-corrected chi connectivity index (χ3v) is 3.48. The number of hydrogen-bond acceptors (Lipinski definition) is 5. The summed E-state index contributed by atoms with van der Waals surface area (Å²) >= 11 is 0. The molecule has 3 rings (SSSR count). The predicted octanol–water partition coefficient (Wildman–Crippen LogP) is 3.27. The highest BCUT2D eigenvalue weighted by molar-refractivity contribution is 6.03. The van der Waals surface area contributed by atoms with Gasteiger partial charge in [0.25, 0.3) is 5.91 Å². The molecule has 1 aromatic heterocycles. The lowest BCUT2D eigenvalue weighted by Crippen LogP contribution is -2.14. The zero-order valence-electron chi connectivity index (χ0n) is 13.0. The summed E-state index contributed by atoms with van der Waals surface area (Å²) in [5.74, 6) is 1.05. The van der Waals surface area contributed by atoms with Crippen LogP contribution < -0.4 is 20.1 Å². The van der Waals surface area contributed by atoms with E-state index in [4.69, 9.17) is 9.47 Å². The first-order valence-electron chi connectivity index (χ1n) is 7.67. The van der Waals surface area contributed by atoms with Crippen LogP contribution in [0.5, 0.6) is 11.5 Å². The Balaban J connectivity index is 1.67. The molecule has 0 fully saturated rings. The predicted molar refractivity (Wildman–Crippen MR) is 88.2 cm³/mol. The highest BCUT2D eigenvalue weighted by Gasteiger charge is 2.15. The number of pyridine rings is 1. The van der Waals surface area contributed by atoms with Crippen LogP contribution in [0.25, 0.3) is 0 Å². The fourth-order valence-corrected chi connectivity index (χ4v) is 2.24. The number of amides is 1. The van der Waals surface area contributed by atoms with Crippen LogP contribution in [0.2, 0.25) is 0 Å². The van der Waals surface area contributed by atoms with Gasteiger partial charge in [0.05, 0.1) is 0 Å². The number of fused-ring (bicyclic) bond motifs is 1. The van der Waals surface area contributed by atoms with E-state index in [0.717, 1.165) is 25.1 Å². The number of aromatic nitrogens is 1. The lowest BCUT2D eigenvalue weighted by atomic mass is 10.2. The maximum absolute atomic E-state index is 12.3. The number of nitrogens with one attached hydrogen (secondary N) is 2. The minimum absolute atomic E-state index is 0.208. The second kappa shape index (κ2) is 7.00. The Hall–Kier alpha value is -2.76. The maximum Gasteiger partial charge on any atom is 0.274 e. The van der Waals surface area contributed by atoms with Crippen LogP contribution in [-0.2, 0) is 0 Å². The molecular weight excluding hydrogens is 294 g/mol. The zero-order chi connectivity index (χ0) is 16.1. The van der Waals surface area contributed by atoms with Crippen molar-refractivity contribution in [3.8, 4) is 11.5 Å². The maximum atomic E-state index is 12.3. The highest BCUT2D eigenvalue weighted by Crippen LogP contribution is 2.34. The van der Waals surface area contributed by atoms with Gasteiger partial charge in [0.2, 0.25) is 6.79 Å². The number of anilines is 2. The number of carbonyl (C=O) groups excluding carboxylic acids is 1. The largest absolute Gasteiger partial charge is 0.454 e. The fraction of sp³-hybridized carbons (Fsp3) is 0.294. The molecule has 0 aliphatic carbocycles. The molecule has 1 aliphatic heterocycles. The summed E-state index contributed by atoms with van der Waals surface area (Å²) in [6.07, 6.45) is 3.83. The Kier molecular flexibility index (Phi) is 4.61. The normalized spacial score (nSPS) is 12.0. The Morgan fingerprint density at radius 1 is 1.17 bits per heavy atom. The lowest BCUT2D eigenvalue weighted by Gasteiger charge is -2.08. The molecule has 2 heterocycles. The molecule has 0 saturated carbocycles. The van der Waals surface area contributed by atoms with E-state index in [-0.39, 0.29) is 12.7 Å². The van der Waals surface area contributed by atoms with Crippen LogP contribution in [0.15, 0.2) is 36.5 Å². The van der Waals surface area contributed by atoms with E-state index in [1.165, 1.54) is 0 Å². The summed E-state index contributed by atoms with van der Waals surface area (Å²) < 4.78 is 10.6. The average Bonchev–Trinajstić information content (AvgIpc) is 3.03. The van der Waals surface area contributed by atoms with Crippen molar-refractivity contribution in [1.29, 1.82) is 0 Å². The number of benzene rings is 1. The molecule has 1 aromatic carbocycles. The first-order valence-corrected chi connectivity index (χ1v) is 7.67. The molecule has 2 aromatic rings. The van der Waals surface area contributed by atoms with Gasteiger partial charge in [0, 0.05) is 30.2 Å². The van der Waals surface area contributed by atoms with Crippen molar-refractivity contribution in [1.82, 2.24) is 4.98 Å². The van der Waals surface area contributed by atoms with Gasteiger partial charge in [-0.1, -0.05) is 13.3 Å². The number of rotatable bonds is 6. The molecule has 120 valence electrons. The first kappa shape index (κ1) is 15.1. The van der Waals surface area contributed by atoms with Gasteiger partial charge in [0.1, 0.15) is 5.69 Å². The van der Waals surface area contributed by atoms with Crippen LogP contribution in [-0.4, -0.2) is 24.2 Å². The highest BCUT2D eigenvalue weighted by atomic mass is 16.7. The van der Waals surface area contributed by atoms with Crippen LogP contribution >= 0.6 is 0 Å². The third-order valence-electron chi connectivity index (χ3n) is 3.48. The van der Waals surface area contributed by atoms with Crippen LogP contribution in [0.4, 0.5) is 11.4 Å². The fourth-order valence-electron chi connectivity index (χ4n) is 2.24. The number of unbranched alkanes of at least 4 members (excludes halogenated alkanes) is 1. The van der Waals surface area contributed by atoms with Crippen molar-refractivity contribution in [3.63, 3.8) is 0 Å². The van der Waals surface area contributed by atoms with Crippen molar-refractivity contribution in [2.24, 2.45) is 0 Å². The smallest absolute Gasteiger partial charge is 0.274 e. The van der Waals surface area contributed by atoms with Gasteiger partial charge in [-0.05, 0) is 30.7 Å². The average molecular weight is 313 g/mol. The van der Waals surface area contributed by atoms with Crippen LogP contribution in [0.3, 0.4) is 0 Å². The van der Waals surface area contributed by atoms with Gasteiger partial charge in [0.15, 0.2) is 11.5 Å². The topological polar surface area (TPSA) is 72.5 Å². The van der Waals surface area contributed by atoms with Gasteiger partial charge in [-0.15, -0.1) is 0 Å². The molecule has 0 atom stereocenters. The minimum Gasteiger partial charge on any atom is -0.454 e. The van der Waals surface area contributed by atoms with E-state index < -0.39 is 0 Å². The second-order valence-electron chi connectivity index (χ2n) is 5.23. The zero-order valence-corrected chi connectivity index (χ0v) is 13.0. The number of hydrogen-bond donors (Lipinski definition) is 2. The Bertz CT molecular complexity index is 703. The molecule has 2 N–H and O–H groups in total. The quantitative estimate of drug-likeness (QED) is 0.801. The van der Waals surface area contributed by atoms with E-state index in [1.807, 2.05) is 6.07 Å². The standard InChI is InChI=1S/C17H19N3O3/c1-2-3-7-18-12-6-8-19-14(9-12)17(21)20-13-4-5-15-16(10-13)23-11-22-15/h4-6,8-10H,2-3,7,11H2,1H3,(H,18,19)(H,20,21). The minimum atomic E-state index is -0.261. The van der Waals surface area contributed by atoms with Gasteiger partial charge in [-0.25, -0.2) is 0 Å². The van der Waals surface area contributed by atoms with Crippen molar-refractivity contribution < 1.29 is 14.3 Å². The number of ether oxygens (including phenoxy) is 2. The lowest BCUT2D eigenvalue weighted by molar-refractivity contribution is 0.102. The van der Waals surface area contributed by atoms with Crippen molar-refractivity contribution >= 4 is 17.3 Å². The Morgan fingerprint density at radius 3 is 2.91 bits per heavy atom. The van der Waals surface area contributed by atoms with E-state index in [0.29, 0.717) is 22.9 Å². The molecule has 0 unspecified atom stereocenters. The van der Waals surface area contributed by atoms with Crippen molar-refractivity contribution in [3.05, 3.63) is 42.2 Å². The molecule has 0 radical (unpaired) electrons. The van der Waals surface area contributed by atoms with Gasteiger partial charge < -0.3 is 20.1 Å². The molecule has 0 spiro atoms. The van der Waals surface area contributed by atoms with E-state index in [1.54, 1.807) is 30.5 Å². The van der Waals surface area contributed by atoms with Gasteiger partial charge in [-0.2, -0.15) is 0 Å². The van der Waals surface area contributed by atoms with Crippen LogP contribution in [0.1, 0.15) is 30.3 Å². The summed E-state index contributed by atoms with van der Waals surface area (Å²) in [5, 5.41) is 6.10. The summed E-state index contributed by atoms with van der Waals surface area (Å²) in [6, 6.07) is 8.89. The molecule has 23 heavy (non-hydrogen) atoms. The van der Waals surface area contributed by atoms with Crippen LogP contribution in [0, 0.1) is 0 Å². The Labute approximate surface area is 134 Å². The molecule has 6 heteroatoms.